The number of rotatable bonds is 8. The first kappa shape index (κ1) is 24.2. The lowest BCUT2D eigenvalue weighted by atomic mass is 10.1. The number of carbonyl (C=O) groups excluding carboxylic acids is 3. The standard InChI is InChI=1S/C24H23N3O7/c1-15(13-25-24(31)33-14-16-9-5-3-6-10-16)20-26-18(23(30)32-2)19(21(28)27-20)34-22(29)17-11-7-4-8-12-17/h3-12,15H,13-14H2,1-2H3,(H,25,31)(H,26,27,28). The molecule has 0 saturated carbocycles. The highest BCUT2D eigenvalue weighted by molar-refractivity contribution is 5.94. The van der Waals surface area contributed by atoms with Crippen molar-refractivity contribution in [1.82, 2.24) is 15.3 Å². The minimum Gasteiger partial charge on any atom is -0.464 e. The van der Waals surface area contributed by atoms with Crippen LogP contribution in [0.4, 0.5) is 4.79 Å². The molecule has 1 amide bonds. The van der Waals surface area contributed by atoms with Crippen molar-refractivity contribution in [2.75, 3.05) is 13.7 Å². The van der Waals surface area contributed by atoms with E-state index in [1.54, 1.807) is 25.1 Å². The number of esters is 2. The minimum absolute atomic E-state index is 0.0559. The molecule has 1 aromatic heterocycles. The summed E-state index contributed by atoms with van der Waals surface area (Å²) in [4.78, 5) is 55.9. The van der Waals surface area contributed by atoms with Crippen LogP contribution < -0.4 is 15.6 Å². The first-order chi connectivity index (χ1) is 16.4. The van der Waals surface area contributed by atoms with E-state index in [2.05, 4.69) is 15.3 Å². The summed E-state index contributed by atoms with van der Waals surface area (Å²) in [5.74, 6) is -2.79. The summed E-state index contributed by atoms with van der Waals surface area (Å²) in [6.07, 6.45) is -0.653. The van der Waals surface area contributed by atoms with Crippen molar-refractivity contribution < 1.29 is 28.6 Å². The Balaban J connectivity index is 1.71. The Hall–Kier alpha value is -4.47. The molecule has 10 heteroatoms. The third kappa shape index (κ3) is 6.28. The number of nitrogens with zero attached hydrogens (tertiary/aromatic N) is 1. The molecule has 3 rings (SSSR count). The van der Waals surface area contributed by atoms with E-state index in [-0.39, 0.29) is 24.5 Å². The van der Waals surface area contributed by atoms with Crippen LogP contribution in [0.25, 0.3) is 0 Å². The Bertz CT molecular complexity index is 1210. The number of benzene rings is 2. The smallest absolute Gasteiger partial charge is 0.407 e. The van der Waals surface area contributed by atoms with Gasteiger partial charge in [-0.2, -0.15) is 0 Å². The molecule has 0 saturated heterocycles. The lowest BCUT2D eigenvalue weighted by molar-refractivity contribution is 0.0583. The van der Waals surface area contributed by atoms with Crippen LogP contribution in [0, 0.1) is 0 Å². The first-order valence-electron chi connectivity index (χ1n) is 10.3. The molecule has 0 aliphatic heterocycles. The van der Waals surface area contributed by atoms with Gasteiger partial charge >= 0.3 is 18.0 Å². The number of hydrogen-bond acceptors (Lipinski definition) is 8. The van der Waals surface area contributed by atoms with Gasteiger partial charge in [0.25, 0.3) is 5.56 Å². The van der Waals surface area contributed by atoms with Crippen LogP contribution in [0.2, 0.25) is 0 Å². The van der Waals surface area contributed by atoms with Crippen molar-refractivity contribution in [2.24, 2.45) is 0 Å². The number of hydrogen-bond donors (Lipinski definition) is 2. The number of carbonyl (C=O) groups is 3. The summed E-state index contributed by atoms with van der Waals surface area (Å²) in [6, 6.07) is 17.1. The van der Waals surface area contributed by atoms with Crippen LogP contribution in [-0.2, 0) is 16.1 Å². The maximum Gasteiger partial charge on any atom is 0.407 e. The lowest BCUT2D eigenvalue weighted by Crippen LogP contribution is -2.30. The van der Waals surface area contributed by atoms with Gasteiger partial charge in [-0.05, 0) is 17.7 Å². The maximum absolute atomic E-state index is 12.7. The number of ether oxygens (including phenoxy) is 3. The predicted octanol–water partition coefficient (Wildman–Crippen LogP) is 2.81. The Labute approximate surface area is 194 Å². The minimum atomic E-state index is -0.953. The number of amides is 1. The van der Waals surface area contributed by atoms with Crippen molar-refractivity contribution in [1.29, 1.82) is 0 Å². The summed E-state index contributed by atoms with van der Waals surface area (Å²) < 4.78 is 15.0. The van der Waals surface area contributed by atoms with Gasteiger partial charge in [-0.1, -0.05) is 55.5 Å². The summed E-state index contributed by atoms with van der Waals surface area (Å²) in [7, 11) is 1.11. The topological polar surface area (TPSA) is 137 Å². The third-order valence-corrected chi connectivity index (χ3v) is 4.71. The van der Waals surface area contributed by atoms with Crippen LogP contribution in [0.15, 0.2) is 65.5 Å². The van der Waals surface area contributed by atoms with E-state index in [9.17, 15) is 19.2 Å². The molecule has 34 heavy (non-hydrogen) atoms. The lowest BCUT2D eigenvalue weighted by Gasteiger charge is -2.14. The normalized spacial score (nSPS) is 11.2. The number of methoxy groups -OCH3 is 1. The average Bonchev–Trinajstić information content (AvgIpc) is 2.87. The second kappa shape index (κ2) is 11.4. The van der Waals surface area contributed by atoms with Crippen molar-refractivity contribution in [3.8, 4) is 5.75 Å². The summed E-state index contributed by atoms with van der Waals surface area (Å²) in [5, 5.41) is 2.58. The van der Waals surface area contributed by atoms with Crippen LogP contribution in [-0.4, -0.2) is 41.7 Å². The molecule has 0 fully saturated rings. The number of H-pyrrole nitrogens is 1. The summed E-state index contributed by atoms with van der Waals surface area (Å²) in [6.45, 7) is 1.83. The molecular weight excluding hydrogens is 442 g/mol. The number of nitrogens with one attached hydrogen (secondary N) is 2. The van der Waals surface area contributed by atoms with E-state index in [0.717, 1.165) is 12.7 Å². The van der Waals surface area contributed by atoms with Gasteiger partial charge in [-0.25, -0.2) is 19.4 Å². The van der Waals surface area contributed by atoms with Crippen LogP contribution in [0.1, 0.15) is 45.1 Å². The zero-order valence-electron chi connectivity index (χ0n) is 18.6. The van der Waals surface area contributed by atoms with Crippen LogP contribution in [0.3, 0.4) is 0 Å². The largest absolute Gasteiger partial charge is 0.464 e. The molecule has 0 spiro atoms. The van der Waals surface area contributed by atoms with E-state index in [1.165, 1.54) is 12.1 Å². The zero-order chi connectivity index (χ0) is 24.5. The highest BCUT2D eigenvalue weighted by Crippen LogP contribution is 2.17. The van der Waals surface area contributed by atoms with Gasteiger partial charge < -0.3 is 24.5 Å². The van der Waals surface area contributed by atoms with Gasteiger partial charge in [0.05, 0.1) is 12.7 Å². The molecule has 2 aromatic carbocycles. The fraction of sp³-hybridized carbons (Fsp3) is 0.208. The van der Waals surface area contributed by atoms with Gasteiger partial charge in [0, 0.05) is 12.5 Å². The summed E-state index contributed by atoms with van der Waals surface area (Å²) in [5.41, 5.74) is -0.273. The maximum atomic E-state index is 12.7. The molecule has 0 aliphatic carbocycles. The quantitative estimate of drug-likeness (QED) is 0.485. The van der Waals surface area contributed by atoms with Crippen molar-refractivity contribution in [3.05, 3.63) is 93.7 Å². The Morgan fingerprint density at radius 2 is 1.65 bits per heavy atom. The van der Waals surface area contributed by atoms with Crippen LogP contribution in [0.5, 0.6) is 5.75 Å². The molecular formula is C24H23N3O7. The molecule has 176 valence electrons. The molecule has 0 radical (unpaired) electrons. The molecule has 0 bridgehead atoms. The van der Waals surface area contributed by atoms with Crippen molar-refractivity contribution in [3.63, 3.8) is 0 Å². The second-order valence-corrected chi connectivity index (χ2v) is 7.22. The van der Waals surface area contributed by atoms with Crippen molar-refractivity contribution in [2.45, 2.75) is 19.4 Å². The van der Waals surface area contributed by atoms with Crippen LogP contribution >= 0.6 is 0 Å². The predicted molar refractivity (Wildman–Crippen MR) is 121 cm³/mol. The second-order valence-electron chi connectivity index (χ2n) is 7.22. The van der Waals surface area contributed by atoms with Gasteiger partial charge in [-0.15, -0.1) is 0 Å². The number of aromatic amines is 1. The van der Waals surface area contributed by atoms with E-state index in [0.29, 0.717) is 0 Å². The van der Waals surface area contributed by atoms with E-state index >= 15 is 0 Å². The monoisotopic (exact) mass is 465 g/mol. The molecule has 10 nitrogen and oxygen atoms in total. The number of alkyl carbamates (subject to hydrolysis) is 1. The van der Waals surface area contributed by atoms with Gasteiger partial charge in [-0.3, -0.25) is 4.79 Å². The van der Waals surface area contributed by atoms with E-state index < -0.39 is 41.0 Å². The third-order valence-electron chi connectivity index (χ3n) is 4.71. The van der Waals surface area contributed by atoms with Gasteiger partial charge in [0.1, 0.15) is 12.4 Å². The molecule has 2 N–H and O–H groups in total. The first-order valence-corrected chi connectivity index (χ1v) is 10.3. The molecule has 1 unspecified atom stereocenters. The van der Waals surface area contributed by atoms with Gasteiger partial charge in [0.2, 0.25) is 5.75 Å². The highest BCUT2D eigenvalue weighted by atomic mass is 16.6. The summed E-state index contributed by atoms with van der Waals surface area (Å²) >= 11 is 0. The SMILES string of the molecule is COC(=O)c1nc(C(C)CNC(=O)OCc2ccccc2)[nH]c(=O)c1OC(=O)c1ccccc1. The molecule has 0 aliphatic rings. The van der Waals surface area contributed by atoms with E-state index in [4.69, 9.17) is 14.2 Å². The Morgan fingerprint density at radius 3 is 2.29 bits per heavy atom. The van der Waals surface area contributed by atoms with Crippen molar-refractivity contribution >= 4 is 18.0 Å². The molecule has 1 atom stereocenters. The fourth-order valence-corrected chi connectivity index (χ4v) is 2.88. The molecule has 1 heterocycles. The Morgan fingerprint density at radius 1 is 1.00 bits per heavy atom. The average molecular weight is 465 g/mol. The number of aromatic nitrogens is 2. The zero-order valence-corrected chi connectivity index (χ0v) is 18.6. The Kier molecular flexibility index (Phi) is 8.11. The fourth-order valence-electron chi connectivity index (χ4n) is 2.88. The van der Waals surface area contributed by atoms with Gasteiger partial charge in [0.15, 0.2) is 5.69 Å². The highest BCUT2D eigenvalue weighted by Gasteiger charge is 2.25. The van der Waals surface area contributed by atoms with E-state index in [1.807, 2.05) is 30.3 Å². The molecule has 3 aromatic rings.